The van der Waals surface area contributed by atoms with Gasteiger partial charge in [0.05, 0.1) is 14.7 Å². The van der Waals surface area contributed by atoms with Crippen LogP contribution in [0.25, 0.3) is 43.4 Å². The molecule has 6 aromatic carbocycles. The summed E-state index contributed by atoms with van der Waals surface area (Å²) in [6.45, 7) is 1.95. The average molecular weight is 963 g/mol. The van der Waals surface area contributed by atoms with Gasteiger partial charge in [0.15, 0.2) is 37.9 Å². The van der Waals surface area contributed by atoms with Gasteiger partial charge in [-0.3, -0.25) is 9.59 Å². The van der Waals surface area contributed by atoms with Gasteiger partial charge in [0.25, 0.3) is 5.91 Å². The molecule has 0 fully saturated rings. The van der Waals surface area contributed by atoms with E-state index in [1.807, 2.05) is 76.4 Å². The first-order valence-corrected chi connectivity index (χ1v) is 24.8. The van der Waals surface area contributed by atoms with E-state index in [0.717, 1.165) is 47.4 Å². The summed E-state index contributed by atoms with van der Waals surface area (Å²) in [6.07, 6.45) is 7.92. The molecule has 342 valence electrons. The molecule has 17 nitrogen and oxygen atoms in total. The van der Waals surface area contributed by atoms with Crippen LogP contribution in [0.15, 0.2) is 149 Å². The minimum absolute atomic E-state index is 0.0419. The van der Waals surface area contributed by atoms with Crippen LogP contribution in [-0.4, -0.2) is 76.5 Å². The molecule has 0 bridgehead atoms. The molecule has 0 radical (unpaired) electrons. The van der Waals surface area contributed by atoms with E-state index in [1.165, 1.54) is 12.1 Å². The molecule has 67 heavy (non-hydrogen) atoms. The number of amides is 1. The van der Waals surface area contributed by atoms with Crippen LogP contribution in [0.1, 0.15) is 34.8 Å². The second kappa shape index (κ2) is 18.5. The van der Waals surface area contributed by atoms with Gasteiger partial charge in [0.2, 0.25) is 10.0 Å². The number of hydrogen-bond acceptors (Lipinski definition) is 13. The number of rotatable bonds is 16. The summed E-state index contributed by atoms with van der Waals surface area (Å²) in [4.78, 5) is 22.6. The van der Waals surface area contributed by atoms with E-state index in [0.29, 0.717) is 30.2 Å². The van der Waals surface area contributed by atoms with Gasteiger partial charge in [-0.2, -0.15) is 0 Å². The molecule has 0 saturated heterocycles. The molecule has 8 aromatic rings. The number of ether oxygens (including phenoxy) is 1. The van der Waals surface area contributed by atoms with Gasteiger partial charge in [0.1, 0.15) is 26.0 Å². The molecule has 0 spiro atoms. The Bertz CT molecular complexity index is 3560. The minimum atomic E-state index is -5.35. The van der Waals surface area contributed by atoms with Crippen LogP contribution in [0.2, 0.25) is 0 Å². The van der Waals surface area contributed by atoms with Gasteiger partial charge >= 0.3 is 13.1 Å². The van der Waals surface area contributed by atoms with Gasteiger partial charge in [-0.1, -0.05) is 54.6 Å². The number of nitrogens with one attached hydrogen (secondary N) is 2. The fourth-order valence-electron chi connectivity index (χ4n) is 7.96. The van der Waals surface area contributed by atoms with Gasteiger partial charge in [-0.15, -0.1) is 0 Å². The van der Waals surface area contributed by atoms with Crippen molar-refractivity contribution in [2.75, 3.05) is 13.1 Å². The summed E-state index contributed by atoms with van der Waals surface area (Å²) < 4.78 is 114. The van der Waals surface area contributed by atoms with Crippen LogP contribution in [-0.2, 0) is 48.1 Å². The number of benzene rings is 6. The summed E-state index contributed by atoms with van der Waals surface area (Å²) in [5, 5.41) is 20.9. The van der Waals surface area contributed by atoms with Crippen LogP contribution in [0.3, 0.4) is 0 Å². The summed E-state index contributed by atoms with van der Waals surface area (Å²) in [7, 11) is -16.7. The average Bonchev–Trinajstić information content (AvgIpc) is 3.28. The monoisotopic (exact) mass is 962 g/mol. The first-order valence-electron chi connectivity index (χ1n) is 20.5. The Morgan fingerprint density at radius 1 is 0.627 bits per heavy atom. The summed E-state index contributed by atoms with van der Waals surface area (Å²) >= 11 is 0. The van der Waals surface area contributed by atoms with Crippen molar-refractivity contribution in [2.24, 2.45) is 0 Å². The number of carbonyl (C=O) groups is 2. The highest BCUT2D eigenvalue weighted by atomic mass is 32.2. The van der Waals surface area contributed by atoms with Crippen molar-refractivity contribution in [3.8, 4) is 16.9 Å². The Morgan fingerprint density at radius 2 is 1.15 bits per heavy atom. The Morgan fingerprint density at radius 3 is 1.70 bits per heavy atom. The molecule has 0 aliphatic heterocycles. The lowest BCUT2D eigenvalue weighted by atomic mass is 9.79. The zero-order valence-electron chi connectivity index (χ0n) is 35.3. The number of carbonyl (C=O) groups excluding carboxylic acids is 2. The number of sulfonamides is 1. The molecule has 0 aliphatic rings. The normalized spacial score (nSPS) is 12.2. The zero-order valence-corrected chi connectivity index (χ0v) is 37.8. The molecular formula is C46H39BN4O13S3. The molecular weight excluding hydrogens is 924 g/mol. The molecule has 0 unspecified atom stereocenters. The first-order chi connectivity index (χ1) is 31.8. The van der Waals surface area contributed by atoms with E-state index < -0.39 is 63.9 Å². The quantitative estimate of drug-likeness (QED) is 0.0207. The second-order valence-electron chi connectivity index (χ2n) is 15.7. The van der Waals surface area contributed by atoms with Crippen LogP contribution in [0.5, 0.6) is 5.75 Å². The van der Waals surface area contributed by atoms with Crippen molar-refractivity contribution in [1.82, 2.24) is 10.0 Å². The fraction of sp³-hybridized carbons (Fsp3) is 0.130. The van der Waals surface area contributed by atoms with Gasteiger partial charge in [-0.05, 0) is 53.3 Å². The van der Waals surface area contributed by atoms with Crippen molar-refractivity contribution in [3.05, 3.63) is 151 Å². The number of aromatic nitrogens is 2. The van der Waals surface area contributed by atoms with E-state index in [4.69, 9.17) is 4.74 Å². The summed E-state index contributed by atoms with van der Waals surface area (Å²) in [5.74, 6) is -1.63. The molecule has 2 aromatic heterocycles. The third-order valence-electron chi connectivity index (χ3n) is 11.1. The third kappa shape index (κ3) is 10.2. The molecule has 2 heterocycles. The van der Waals surface area contributed by atoms with Crippen molar-refractivity contribution >= 4 is 87.0 Å². The predicted octanol–water partition coefficient (Wildman–Crippen LogP) is 2.43. The number of nitrogens with zero attached hydrogens (tertiary/aromatic N) is 2. The van der Waals surface area contributed by atoms with Gasteiger partial charge in [-0.25, -0.2) is 39.1 Å². The van der Waals surface area contributed by atoms with E-state index in [9.17, 15) is 54.0 Å². The number of hydrogen-bond donors (Lipinski definition) is 4. The number of esters is 1. The van der Waals surface area contributed by atoms with Crippen molar-refractivity contribution in [1.29, 1.82) is 0 Å². The van der Waals surface area contributed by atoms with Crippen LogP contribution in [0.4, 0.5) is 0 Å². The maximum absolute atomic E-state index is 13.8. The Labute approximate surface area is 384 Å². The molecule has 0 saturated carbocycles. The predicted molar refractivity (Wildman–Crippen MR) is 243 cm³/mol. The lowest BCUT2D eigenvalue weighted by molar-refractivity contribution is -0.688. The molecule has 0 aliphatic carbocycles. The second-order valence-corrected chi connectivity index (χ2v) is 20.1. The highest BCUT2D eigenvalue weighted by molar-refractivity contribution is 7.90. The summed E-state index contributed by atoms with van der Waals surface area (Å²) in [6, 6.07) is 28.5. The number of pyridine rings is 2. The van der Waals surface area contributed by atoms with E-state index in [-0.39, 0.29) is 57.6 Å². The van der Waals surface area contributed by atoms with Crippen molar-refractivity contribution < 1.29 is 67.9 Å². The standard InChI is InChI=1S/C46H39BN4O13S3/c1-29(52)64-40-25-42(66(58,59)60)38-12-13-39-43(67(61,62)63)26-41(37-11-10-36(40)44(38)45(37)39)65(56,57)49-19-3-18-48-46(53)34-8-6-30(7-9-34)27-50-20-14-32(15-21-50)33-16-22-51(23-17-33)28-31-4-2-5-35(24-31)47(54)55/h2,4-17,20-26,49,54-55H,3,18-19,27-28H2,1H3,(H-2,48,53,58,59,60,61,62,63). The van der Waals surface area contributed by atoms with Crippen LogP contribution >= 0.6 is 0 Å². The van der Waals surface area contributed by atoms with Crippen LogP contribution in [0, 0.1) is 0 Å². The smallest absolute Gasteiger partial charge is 0.488 e. The van der Waals surface area contributed by atoms with E-state index >= 15 is 0 Å². The lowest BCUT2D eigenvalue weighted by Gasteiger charge is -2.21. The maximum atomic E-state index is 13.8. The van der Waals surface area contributed by atoms with Gasteiger partial charge < -0.3 is 29.2 Å². The van der Waals surface area contributed by atoms with Crippen LogP contribution < -0.4 is 29.4 Å². The highest BCUT2D eigenvalue weighted by Gasteiger charge is 2.27. The summed E-state index contributed by atoms with van der Waals surface area (Å²) in [5.41, 5.74) is 4.70. The highest BCUT2D eigenvalue weighted by Crippen LogP contribution is 2.45. The first kappa shape index (κ1) is 46.8. The molecule has 1 amide bonds. The molecule has 4 N–H and O–H groups in total. The fourth-order valence-corrected chi connectivity index (χ4v) is 10.7. The van der Waals surface area contributed by atoms with Crippen molar-refractivity contribution in [3.63, 3.8) is 0 Å². The van der Waals surface area contributed by atoms with E-state index in [1.54, 1.807) is 30.3 Å². The molecule has 8 rings (SSSR count). The van der Waals surface area contributed by atoms with Crippen molar-refractivity contribution in [2.45, 2.75) is 41.1 Å². The Kier molecular flexibility index (Phi) is 13.0. The largest absolute Gasteiger partial charge is 0.744 e. The van der Waals surface area contributed by atoms with E-state index in [2.05, 4.69) is 10.0 Å². The Hall–Kier alpha value is -6.69. The topological polar surface area (TPSA) is 264 Å². The SMILES string of the molecule is CC(=O)Oc1cc(S(=O)(=O)[O-])c2ccc3c(S(=O)(=O)[O-])cc(S(=O)(=O)NCCCNC(=O)c4ccc(C[n+]5ccc(-c6cc[n+](Cc7cccc(B(O)O)c7)cc6)cc5)cc4)c4ccc1c2c34. The lowest BCUT2D eigenvalue weighted by Crippen LogP contribution is -2.35. The molecule has 21 heteroatoms. The zero-order chi connectivity index (χ0) is 47.8. The maximum Gasteiger partial charge on any atom is 0.488 e. The Balaban J connectivity index is 0.897. The van der Waals surface area contributed by atoms with Gasteiger partial charge in [0, 0.05) is 93.3 Å². The minimum Gasteiger partial charge on any atom is -0.744 e. The third-order valence-corrected chi connectivity index (χ3v) is 14.3. The molecule has 0 atom stereocenters.